The second kappa shape index (κ2) is 5.97. The van der Waals surface area contributed by atoms with E-state index < -0.39 is 0 Å². The van der Waals surface area contributed by atoms with Crippen molar-refractivity contribution in [2.45, 2.75) is 65.4 Å². The summed E-state index contributed by atoms with van der Waals surface area (Å²) in [4.78, 5) is 1.27. The van der Waals surface area contributed by atoms with Gasteiger partial charge in [-0.2, -0.15) is 0 Å². The normalized spacial score (nSPS) is 46.5. The van der Waals surface area contributed by atoms with Crippen LogP contribution in [-0.2, 0) is 0 Å². The van der Waals surface area contributed by atoms with Gasteiger partial charge >= 0.3 is 0 Å². The second-order valence-corrected chi connectivity index (χ2v) is 11.1. The Morgan fingerprint density at radius 1 is 1.07 bits per heavy atom. The Bertz CT molecular complexity index is 806. The SMILES string of the molecule is CC1C=C2CC(O)CC[C@]2(C)[C@@H]2CC[C@]3(C)C(c4cccs4)=C(O)C[C@H]3[C@H]12. The third kappa shape index (κ3) is 2.40. The number of rotatable bonds is 1. The van der Waals surface area contributed by atoms with Crippen LogP contribution in [0.1, 0.15) is 64.2 Å². The quantitative estimate of drug-likeness (QED) is 0.566. The molecular weight excluding hydrogens is 352 g/mol. The number of hydrogen-bond acceptors (Lipinski definition) is 3. The average Bonchev–Trinajstić information content (AvgIpc) is 3.21. The lowest BCUT2D eigenvalue weighted by molar-refractivity contribution is -0.0437. The van der Waals surface area contributed by atoms with Crippen molar-refractivity contribution in [2.75, 3.05) is 0 Å². The molecule has 2 saturated carbocycles. The van der Waals surface area contributed by atoms with Gasteiger partial charge in [0.2, 0.25) is 0 Å². The molecular formula is C24H32O2S. The van der Waals surface area contributed by atoms with Crippen LogP contribution in [0.2, 0.25) is 0 Å². The summed E-state index contributed by atoms with van der Waals surface area (Å²) in [5.74, 6) is 3.03. The zero-order chi connectivity index (χ0) is 19.0. The Labute approximate surface area is 167 Å². The van der Waals surface area contributed by atoms with Crippen molar-refractivity contribution in [3.63, 3.8) is 0 Å². The van der Waals surface area contributed by atoms with E-state index in [1.165, 1.54) is 28.9 Å². The van der Waals surface area contributed by atoms with Crippen LogP contribution in [0.4, 0.5) is 0 Å². The predicted octanol–water partition coefficient (Wildman–Crippen LogP) is 6.20. The van der Waals surface area contributed by atoms with Crippen LogP contribution in [0.25, 0.3) is 5.57 Å². The van der Waals surface area contributed by atoms with Gasteiger partial charge in [-0.25, -0.2) is 0 Å². The Morgan fingerprint density at radius 3 is 2.59 bits per heavy atom. The minimum absolute atomic E-state index is 0.0975. The minimum atomic E-state index is -0.149. The topological polar surface area (TPSA) is 40.5 Å². The molecule has 7 atom stereocenters. The first-order valence-corrected chi connectivity index (χ1v) is 11.6. The van der Waals surface area contributed by atoms with Gasteiger partial charge in [0.05, 0.1) is 11.9 Å². The molecule has 2 fully saturated rings. The molecule has 4 aliphatic carbocycles. The van der Waals surface area contributed by atoms with Crippen LogP contribution < -0.4 is 0 Å². The maximum absolute atomic E-state index is 11.0. The first-order chi connectivity index (χ1) is 12.8. The first kappa shape index (κ1) is 18.0. The monoisotopic (exact) mass is 384 g/mol. The fraction of sp³-hybridized carbons (Fsp3) is 0.667. The minimum Gasteiger partial charge on any atom is -0.512 e. The van der Waals surface area contributed by atoms with Gasteiger partial charge in [0.15, 0.2) is 0 Å². The van der Waals surface area contributed by atoms with Crippen molar-refractivity contribution >= 4 is 16.9 Å². The molecule has 1 heterocycles. The van der Waals surface area contributed by atoms with E-state index >= 15 is 0 Å². The van der Waals surface area contributed by atoms with Crippen molar-refractivity contribution in [3.8, 4) is 0 Å². The molecule has 2 N–H and O–H groups in total. The molecule has 0 aliphatic heterocycles. The summed E-state index contributed by atoms with van der Waals surface area (Å²) < 4.78 is 0. The molecule has 0 bridgehead atoms. The number of hydrogen-bond donors (Lipinski definition) is 2. The molecule has 146 valence electrons. The molecule has 4 aliphatic rings. The van der Waals surface area contributed by atoms with E-state index in [0.29, 0.717) is 29.4 Å². The van der Waals surface area contributed by atoms with Crippen molar-refractivity contribution in [2.24, 2.45) is 34.5 Å². The van der Waals surface area contributed by atoms with Crippen LogP contribution in [0.5, 0.6) is 0 Å². The summed E-state index contributed by atoms with van der Waals surface area (Å²) in [7, 11) is 0. The molecule has 0 spiro atoms. The summed E-state index contributed by atoms with van der Waals surface area (Å²) in [5.41, 5.74) is 3.11. The van der Waals surface area contributed by atoms with Gasteiger partial charge in [-0.3, -0.25) is 0 Å². The molecule has 0 amide bonds. The van der Waals surface area contributed by atoms with E-state index in [2.05, 4.69) is 44.4 Å². The van der Waals surface area contributed by atoms with Crippen molar-refractivity contribution in [1.29, 1.82) is 0 Å². The van der Waals surface area contributed by atoms with Crippen molar-refractivity contribution < 1.29 is 10.2 Å². The Kier molecular flexibility index (Phi) is 3.98. The third-order valence-corrected chi connectivity index (χ3v) is 9.73. The molecule has 0 saturated heterocycles. The number of fused-ring (bicyclic) bond motifs is 5. The Morgan fingerprint density at radius 2 is 1.85 bits per heavy atom. The van der Waals surface area contributed by atoms with Crippen molar-refractivity contribution in [3.05, 3.63) is 39.8 Å². The number of aliphatic hydroxyl groups is 2. The van der Waals surface area contributed by atoms with Gasteiger partial charge < -0.3 is 10.2 Å². The second-order valence-electron chi connectivity index (χ2n) is 10.1. The lowest BCUT2D eigenvalue weighted by atomic mass is 9.45. The van der Waals surface area contributed by atoms with Gasteiger partial charge in [-0.15, -0.1) is 11.3 Å². The van der Waals surface area contributed by atoms with E-state index in [9.17, 15) is 10.2 Å². The lowest BCUT2D eigenvalue weighted by Gasteiger charge is -2.59. The van der Waals surface area contributed by atoms with Crippen LogP contribution in [0.3, 0.4) is 0 Å². The lowest BCUT2D eigenvalue weighted by Crippen LogP contribution is -2.52. The zero-order valence-corrected chi connectivity index (χ0v) is 17.6. The summed E-state index contributed by atoms with van der Waals surface area (Å²) in [6, 6.07) is 4.29. The van der Waals surface area contributed by atoms with Crippen LogP contribution >= 0.6 is 11.3 Å². The smallest absolute Gasteiger partial charge is 0.0977 e. The standard InChI is InChI=1S/C24H32O2S/c1-14-11-15-12-16(25)6-8-23(15,2)17-7-9-24(3)18(21(14)17)13-19(26)22(24)20-5-4-10-27-20/h4-5,10-11,14,16-18,21,25-26H,6-9,12-13H2,1-3H3/t14?,16?,17-,18+,21-,23+,24+/m1/s1. The van der Waals surface area contributed by atoms with E-state index in [0.717, 1.165) is 25.7 Å². The highest BCUT2D eigenvalue weighted by atomic mass is 32.1. The maximum atomic E-state index is 11.0. The molecule has 3 heteroatoms. The average molecular weight is 385 g/mol. The van der Waals surface area contributed by atoms with Crippen LogP contribution in [0.15, 0.2) is 34.9 Å². The van der Waals surface area contributed by atoms with Gasteiger partial charge in [-0.05, 0) is 72.6 Å². The Hall–Kier alpha value is -1.06. The largest absolute Gasteiger partial charge is 0.512 e. The highest BCUT2D eigenvalue weighted by molar-refractivity contribution is 7.11. The van der Waals surface area contributed by atoms with Crippen LogP contribution in [0, 0.1) is 34.5 Å². The first-order valence-electron chi connectivity index (χ1n) is 10.7. The number of allylic oxidation sites excluding steroid dienone is 3. The highest BCUT2D eigenvalue weighted by Gasteiger charge is 2.60. The van der Waals surface area contributed by atoms with Gasteiger partial charge in [0.1, 0.15) is 0 Å². The molecule has 1 aromatic heterocycles. The van der Waals surface area contributed by atoms with Crippen molar-refractivity contribution in [1.82, 2.24) is 0 Å². The number of aliphatic hydroxyl groups excluding tert-OH is 2. The summed E-state index contributed by atoms with van der Waals surface area (Å²) in [6.45, 7) is 7.28. The van der Waals surface area contributed by atoms with E-state index in [1.54, 1.807) is 11.3 Å². The fourth-order valence-corrected chi connectivity index (χ4v) is 8.43. The number of thiophene rings is 1. The summed E-state index contributed by atoms with van der Waals surface area (Å²) in [6.07, 6.45) is 8.56. The summed E-state index contributed by atoms with van der Waals surface area (Å²) >= 11 is 1.77. The summed E-state index contributed by atoms with van der Waals surface area (Å²) in [5, 5.41) is 23.4. The van der Waals surface area contributed by atoms with Gasteiger partial charge in [-0.1, -0.05) is 38.5 Å². The van der Waals surface area contributed by atoms with Crippen LogP contribution in [-0.4, -0.2) is 16.3 Å². The van der Waals surface area contributed by atoms with E-state index in [1.807, 2.05) is 0 Å². The molecule has 0 radical (unpaired) electrons. The molecule has 1 aromatic rings. The van der Waals surface area contributed by atoms with Gasteiger partial charge in [0.25, 0.3) is 0 Å². The molecule has 2 nitrogen and oxygen atoms in total. The molecule has 5 rings (SSSR count). The maximum Gasteiger partial charge on any atom is 0.0977 e. The molecule has 27 heavy (non-hydrogen) atoms. The highest BCUT2D eigenvalue weighted by Crippen LogP contribution is 2.68. The van der Waals surface area contributed by atoms with E-state index in [4.69, 9.17) is 0 Å². The third-order valence-electron chi connectivity index (χ3n) is 8.84. The fourth-order valence-electron chi connectivity index (χ4n) is 7.50. The van der Waals surface area contributed by atoms with Gasteiger partial charge in [0, 0.05) is 22.3 Å². The van der Waals surface area contributed by atoms with E-state index in [-0.39, 0.29) is 16.9 Å². The Balaban J connectivity index is 1.55. The predicted molar refractivity (Wildman–Crippen MR) is 112 cm³/mol. The zero-order valence-electron chi connectivity index (χ0n) is 16.7. The molecule has 2 unspecified atom stereocenters. The molecule has 0 aromatic carbocycles.